The lowest BCUT2D eigenvalue weighted by molar-refractivity contribution is 0.243. The van der Waals surface area contributed by atoms with E-state index in [0.717, 1.165) is 6.55 Å². The molecule has 0 heterocycles. The van der Waals surface area contributed by atoms with Crippen LogP contribution in [0.1, 0.15) is 6.42 Å². The average Bonchev–Trinajstić information content (AvgIpc) is 1.96. The Morgan fingerprint density at radius 3 is 2.50 bits per heavy atom. The molecule has 0 aliphatic heterocycles. The Bertz CT molecular complexity index is 149. The Morgan fingerprint density at radius 1 is 1.50 bits per heavy atom. The quantitative estimate of drug-likeness (QED) is 0.397. The third-order valence-corrected chi connectivity index (χ3v) is 2.54. The summed E-state index contributed by atoms with van der Waals surface area (Å²) in [6, 6.07) is -0.382. The largest absolute Gasteiger partial charge is 0.422 e. The lowest BCUT2D eigenvalue weighted by Gasteiger charge is -2.06. The molecule has 0 aromatic carbocycles. The van der Waals surface area contributed by atoms with E-state index in [1.807, 2.05) is 0 Å². The topological polar surface area (TPSA) is 41.1 Å². The van der Waals surface area contributed by atoms with Crippen LogP contribution in [0.3, 0.4) is 0 Å². The number of nitrogens with one attached hydrogen (secondary N) is 2. The summed E-state index contributed by atoms with van der Waals surface area (Å²) < 4.78 is 24.7. The average molecular weight is 196 g/mol. The predicted octanol–water partition coefficient (Wildman–Crippen LogP) is 1.32. The van der Waals surface area contributed by atoms with Crippen LogP contribution in [0.2, 0.25) is 12.6 Å². The van der Waals surface area contributed by atoms with E-state index in [-0.39, 0.29) is 12.1 Å². The van der Waals surface area contributed by atoms with Gasteiger partial charge in [0.25, 0.3) is 0 Å². The second kappa shape index (κ2) is 5.07. The number of hydrogen-bond donors (Lipinski definition) is 2. The van der Waals surface area contributed by atoms with Crippen molar-refractivity contribution in [1.29, 1.82) is 0 Å². The lowest BCUT2D eigenvalue weighted by Crippen LogP contribution is -2.33. The highest BCUT2D eigenvalue weighted by Gasteiger charge is 2.26. The van der Waals surface area contributed by atoms with Gasteiger partial charge in [-0.05, 0) is 13.0 Å². The first kappa shape index (κ1) is 11.3. The van der Waals surface area contributed by atoms with E-state index in [4.69, 9.17) is 0 Å². The van der Waals surface area contributed by atoms with Crippen LogP contribution < -0.4 is 10.6 Å². The molecule has 0 aromatic rings. The van der Waals surface area contributed by atoms with Gasteiger partial charge in [-0.2, -0.15) is 0 Å². The molecular formula is C6H14F2N2OSi. The minimum absolute atomic E-state index is 0.0585. The van der Waals surface area contributed by atoms with Gasteiger partial charge >= 0.3 is 14.8 Å². The molecule has 3 nitrogen and oxygen atoms in total. The Kier molecular flexibility index (Phi) is 4.80. The van der Waals surface area contributed by atoms with Crippen molar-refractivity contribution >= 4 is 14.8 Å². The van der Waals surface area contributed by atoms with Crippen LogP contribution in [0.5, 0.6) is 0 Å². The summed E-state index contributed by atoms with van der Waals surface area (Å²) in [5.74, 6) is 0. The molecule has 0 radical (unpaired) electrons. The van der Waals surface area contributed by atoms with Crippen molar-refractivity contribution in [2.24, 2.45) is 0 Å². The van der Waals surface area contributed by atoms with Gasteiger partial charge in [-0.1, -0.05) is 0 Å². The number of carbonyl (C=O) groups excluding carboxylic acids is 1. The molecule has 0 rings (SSSR count). The van der Waals surface area contributed by atoms with Gasteiger partial charge in [-0.15, -0.1) is 0 Å². The summed E-state index contributed by atoms with van der Waals surface area (Å²) in [6.45, 7) is 1.32. The Hall–Kier alpha value is -0.653. The molecule has 0 fully saturated rings. The third kappa shape index (κ3) is 7.45. The smallest absolute Gasteiger partial charge is 0.341 e. The molecule has 0 aromatic heterocycles. The van der Waals surface area contributed by atoms with Gasteiger partial charge in [0.1, 0.15) is 0 Å². The van der Waals surface area contributed by atoms with Gasteiger partial charge in [-0.3, -0.25) is 8.22 Å². The molecule has 0 bridgehead atoms. The first-order valence-corrected chi connectivity index (χ1v) is 6.25. The van der Waals surface area contributed by atoms with Crippen LogP contribution in [0.15, 0.2) is 0 Å². The summed E-state index contributed by atoms with van der Waals surface area (Å²) in [7, 11) is -2.43. The summed E-state index contributed by atoms with van der Waals surface area (Å²) >= 11 is 0. The van der Waals surface area contributed by atoms with Gasteiger partial charge in [0.05, 0.1) is 0 Å². The van der Waals surface area contributed by atoms with Crippen LogP contribution in [-0.2, 0) is 0 Å². The number of halogens is 2. The zero-order valence-corrected chi connectivity index (χ0v) is 8.29. The molecule has 2 amide bonds. The van der Waals surface area contributed by atoms with Crippen LogP contribution in [0, 0.1) is 0 Å². The molecule has 0 aliphatic carbocycles. The van der Waals surface area contributed by atoms with Crippen LogP contribution in [0.25, 0.3) is 0 Å². The second-order valence-corrected chi connectivity index (χ2v) is 5.32. The van der Waals surface area contributed by atoms with Gasteiger partial charge in [0.15, 0.2) is 0 Å². The van der Waals surface area contributed by atoms with Crippen molar-refractivity contribution in [3.63, 3.8) is 0 Å². The molecule has 2 N–H and O–H groups in total. The number of hydrogen-bond acceptors (Lipinski definition) is 1. The van der Waals surface area contributed by atoms with Crippen LogP contribution >= 0.6 is 0 Å². The predicted molar refractivity (Wildman–Crippen MR) is 45.7 cm³/mol. The number of urea groups is 1. The first-order chi connectivity index (χ1) is 5.45. The van der Waals surface area contributed by atoms with E-state index in [2.05, 4.69) is 10.6 Å². The zero-order chi connectivity index (χ0) is 9.61. The van der Waals surface area contributed by atoms with Crippen molar-refractivity contribution in [2.75, 3.05) is 13.6 Å². The SMILES string of the molecule is CNC(=O)NCCC[Si](C)(F)F. The van der Waals surface area contributed by atoms with E-state index in [1.54, 1.807) is 0 Å². The van der Waals surface area contributed by atoms with E-state index in [9.17, 15) is 13.0 Å². The van der Waals surface area contributed by atoms with Crippen molar-refractivity contribution in [3.8, 4) is 0 Å². The first-order valence-electron chi connectivity index (χ1n) is 3.79. The van der Waals surface area contributed by atoms with Crippen molar-refractivity contribution in [3.05, 3.63) is 0 Å². The molecule has 72 valence electrons. The molecule has 0 spiro atoms. The number of carbonyl (C=O) groups is 1. The van der Waals surface area contributed by atoms with Crippen LogP contribution in [0.4, 0.5) is 13.0 Å². The monoisotopic (exact) mass is 196 g/mol. The van der Waals surface area contributed by atoms with Crippen molar-refractivity contribution in [1.82, 2.24) is 10.6 Å². The zero-order valence-electron chi connectivity index (χ0n) is 7.29. The summed E-state index contributed by atoms with van der Waals surface area (Å²) in [4.78, 5) is 10.5. The summed E-state index contributed by atoms with van der Waals surface area (Å²) in [5.41, 5.74) is 0. The Balaban J connectivity index is 3.28. The maximum atomic E-state index is 12.3. The molecule has 0 unspecified atom stereocenters. The summed E-state index contributed by atoms with van der Waals surface area (Å²) in [5, 5.41) is 4.78. The molecule has 0 saturated heterocycles. The van der Waals surface area contributed by atoms with Gasteiger partial charge in [0.2, 0.25) is 0 Å². The van der Waals surface area contributed by atoms with E-state index in [0.29, 0.717) is 13.0 Å². The normalized spacial score (nSPS) is 11.0. The number of rotatable bonds is 4. The molecular weight excluding hydrogens is 182 g/mol. The fourth-order valence-electron chi connectivity index (χ4n) is 0.689. The molecule has 0 atom stereocenters. The van der Waals surface area contributed by atoms with E-state index >= 15 is 0 Å². The standard InChI is InChI=1S/C6H14F2N2OSi/c1-9-6(11)10-4-3-5-12(2,7)8/h3-5H2,1-2H3,(H2,9,10,11). The van der Waals surface area contributed by atoms with Gasteiger partial charge in [0, 0.05) is 19.6 Å². The highest BCUT2D eigenvalue weighted by atomic mass is 28.4. The van der Waals surface area contributed by atoms with Crippen molar-refractivity contribution < 1.29 is 13.0 Å². The molecule has 0 aliphatic rings. The Morgan fingerprint density at radius 2 is 2.08 bits per heavy atom. The fraction of sp³-hybridized carbons (Fsp3) is 0.833. The Labute approximate surface area is 71.9 Å². The minimum Gasteiger partial charge on any atom is -0.341 e. The van der Waals surface area contributed by atoms with Crippen molar-refractivity contribution in [2.45, 2.75) is 19.0 Å². The second-order valence-electron chi connectivity index (χ2n) is 2.68. The van der Waals surface area contributed by atoms with E-state index < -0.39 is 8.74 Å². The minimum atomic E-state index is -3.91. The molecule has 0 saturated carbocycles. The fourth-order valence-corrected chi connectivity index (χ4v) is 1.49. The molecule has 6 heteroatoms. The van der Waals surface area contributed by atoms with Gasteiger partial charge in [-0.25, -0.2) is 4.79 Å². The van der Waals surface area contributed by atoms with Crippen LogP contribution in [-0.4, -0.2) is 28.4 Å². The maximum Gasteiger partial charge on any atom is 0.422 e. The summed E-state index contributed by atoms with van der Waals surface area (Å²) in [6.07, 6.45) is 0.350. The number of amides is 2. The lowest BCUT2D eigenvalue weighted by atomic mass is 10.5. The molecule has 12 heavy (non-hydrogen) atoms. The maximum absolute atomic E-state index is 12.3. The highest BCUT2D eigenvalue weighted by molar-refractivity contribution is 6.64. The highest BCUT2D eigenvalue weighted by Crippen LogP contribution is 2.13. The van der Waals surface area contributed by atoms with E-state index in [1.165, 1.54) is 7.05 Å². The third-order valence-electron chi connectivity index (χ3n) is 1.31. The van der Waals surface area contributed by atoms with Gasteiger partial charge < -0.3 is 10.6 Å².